The Labute approximate surface area is 86.8 Å². The number of hydrogen-bond donors (Lipinski definition) is 0. The number of rotatable bonds is 0. The van der Waals surface area contributed by atoms with Crippen molar-refractivity contribution < 1.29 is 88.4 Å². The monoisotopic (exact) mass is 242 g/mol. The summed E-state index contributed by atoms with van der Waals surface area (Å²) in [6.45, 7) is 0. The van der Waals surface area contributed by atoms with Gasteiger partial charge in [0.05, 0.1) is 0 Å². The van der Waals surface area contributed by atoms with Gasteiger partial charge in [0.15, 0.2) is 0 Å². The fourth-order valence-electron chi connectivity index (χ4n) is 0. The van der Waals surface area contributed by atoms with Gasteiger partial charge in [0.25, 0.3) is 0 Å². The predicted octanol–water partition coefficient (Wildman–Crippen LogP) is -0.0100. The summed E-state index contributed by atoms with van der Waals surface area (Å²) in [5.41, 5.74) is 0. The Kier molecular flexibility index (Phi) is 122. The van der Waals surface area contributed by atoms with Crippen molar-refractivity contribution in [3.63, 3.8) is 0 Å². The molecule has 0 amide bonds. The minimum Gasteiger partial charge on any atom is 0 e. The third-order valence-electron chi connectivity index (χ3n) is 0. The van der Waals surface area contributed by atoms with Crippen molar-refractivity contribution in [2.45, 2.75) is 0 Å². The Morgan fingerprint density at radius 3 is 0.500 bits per heavy atom. The minimum atomic E-state index is 0. The van der Waals surface area contributed by atoms with Crippen molar-refractivity contribution in [1.82, 2.24) is 0 Å². The molecule has 4 radical (unpaired) electrons. The first-order chi connectivity index (χ1) is 0. The summed E-state index contributed by atoms with van der Waals surface area (Å²) in [4.78, 5) is 0. The van der Waals surface area contributed by atoms with E-state index >= 15 is 0 Å². The third kappa shape index (κ3) is 8.85. The smallest absolute Gasteiger partial charge is 0 e. The van der Waals surface area contributed by atoms with Gasteiger partial charge in [-0.2, -0.15) is 0 Å². The topological polar surface area (TPSA) is 0 Å². The first kappa shape index (κ1) is 28.8. The minimum absolute atomic E-state index is 0. The van der Waals surface area contributed by atoms with Crippen LogP contribution in [0.4, 0.5) is 0 Å². The summed E-state index contributed by atoms with van der Waals surface area (Å²) in [5.74, 6) is 0. The molecule has 0 aromatic heterocycles. The predicted molar refractivity (Wildman–Crippen MR) is 0 cm³/mol. The molecule has 0 atom stereocenters. The van der Waals surface area contributed by atoms with Gasteiger partial charge in [-0.3, -0.25) is 0 Å². The average molecular weight is 242 g/mol. The van der Waals surface area contributed by atoms with Crippen LogP contribution >= 0.6 is 0 Å². The third-order valence-corrected chi connectivity index (χ3v) is 0. The molecule has 4 heavy (non-hydrogen) atoms. The average Bonchev–Trinajstić information content (AvgIpc) is 0. The van der Waals surface area contributed by atoms with E-state index in [-0.39, 0.29) is 88.4 Å². The molecular formula is V3Y. The van der Waals surface area contributed by atoms with Crippen molar-refractivity contribution in [2.24, 2.45) is 0 Å². The van der Waals surface area contributed by atoms with Gasteiger partial charge in [0.1, 0.15) is 0 Å². The van der Waals surface area contributed by atoms with Crippen molar-refractivity contribution in [2.75, 3.05) is 0 Å². The van der Waals surface area contributed by atoms with Crippen LogP contribution in [0.3, 0.4) is 0 Å². The Hall–Kier alpha value is 2.86. The zero-order valence-corrected chi connectivity index (χ0v) is 8.95. The van der Waals surface area contributed by atoms with Crippen LogP contribution in [0.25, 0.3) is 0 Å². The molecule has 0 aromatic carbocycles. The van der Waals surface area contributed by atoms with Gasteiger partial charge in [-0.15, -0.1) is 0 Å². The second-order valence-corrected chi connectivity index (χ2v) is 0. The van der Waals surface area contributed by atoms with Crippen LogP contribution in [0.15, 0.2) is 0 Å². The van der Waals surface area contributed by atoms with Crippen LogP contribution in [0, 0.1) is 0 Å². The second kappa shape index (κ2) is 16.9. The van der Waals surface area contributed by atoms with Gasteiger partial charge in [0.2, 0.25) is 0 Å². The largest absolute Gasteiger partial charge is 0 e. The molecular weight excluding hydrogens is 242 g/mol. The summed E-state index contributed by atoms with van der Waals surface area (Å²) < 4.78 is 0. The second-order valence-electron chi connectivity index (χ2n) is 0. The Morgan fingerprint density at radius 1 is 0.500 bits per heavy atom. The van der Waals surface area contributed by atoms with Gasteiger partial charge in [-0.25, -0.2) is 0 Å². The molecule has 0 nitrogen and oxygen atoms in total. The summed E-state index contributed by atoms with van der Waals surface area (Å²) in [5, 5.41) is 0. The summed E-state index contributed by atoms with van der Waals surface area (Å²) >= 11 is 0. The number of hydrogen-bond acceptors (Lipinski definition) is 0. The molecule has 0 saturated carbocycles. The maximum Gasteiger partial charge on any atom is 0 e. The van der Waals surface area contributed by atoms with E-state index in [1.54, 1.807) is 0 Å². The van der Waals surface area contributed by atoms with Gasteiger partial charge >= 0.3 is 0 Å². The van der Waals surface area contributed by atoms with Crippen LogP contribution in [0.2, 0.25) is 0 Å². The molecule has 0 saturated heterocycles. The summed E-state index contributed by atoms with van der Waals surface area (Å²) in [7, 11) is 0. The Morgan fingerprint density at radius 2 is 0.500 bits per heavy atom. The standard InChI is InChI=1S/3V.Y. The SMILES string of the molecule is [V].[V].[V].[Y]. The van der Waals surface area contributed by atoms with E-state index in [4.69, 9.17) is 0 Å². The van der Waals surface area contributed by atoms with Crippen molar-refractivity contribution in [3.05, 3.63) is 0 Å². The molecule has 0 aromatic rings. The van der Waals surface area contributed by atoms with Crippen molar-refractivity contribution in [3.8, 4) is 0 Å². The molecule has 0 N–H and O–H groups in total. The molecule has 0 aliphatic rings. The van der Waals surface area contributed by atoms with E-state index in [2.05, 4.69) is 0 Å². The van der Waals surface area contributed by atoms with Gasteiger partial charge < -0.3 is 0 Å². The zero-order valence-electron chi connectivity index (χ0n) is 1.92. The van der Waals surface area contributed by atoms with Crippen LogP contribution in [0.1, 0.15) is 0 Å². The van der Waals surface area contributed by atoms with Crippen LogP contribution in [-0.4, -0.2) is 0 Å². The van der Waals surface area contributed by atoms with E-state index in [1.165, 1.54) is 0 Å². The first-order valence-electron chi connectivity index (χ1n) is 0. The normalized spacial score (nSPS) is 0. The molecule has 0 aliphatic carbocycles. The van der Waals surface area contributed by atoms with Crippen LogP contribution in [-0.2, 0) is 88.4 Å². The summed E-state index contributed by atoms with van der Waals surface area (Å²) in [6.07, 6.45) is 0. The maximum absolute atomic E-state index is 0. The van der Waals surface area contributed by atoms with Gasteiger partial charge in [-0.05, 0) is 0 Å². The summed E-state index contributed by atoms with van der Waals surface area (Å²) in [6, 6.07) is 0. The van der Waals surface area contributed by atoms with E-state index in [0.717, 1.165) is 0 Å². The Balaban J connectivity index is 0. The van der Waals surface area contributed by atoms with Crippen molar-refractivity contribution >= 4 is 0 Å². The molecule has 0 fully saturated rings. The quantitative estimate of drug-likeness (QED) is 0.560. The molecule has 0 bridgehead atoms. The van der Waals surface area contributed by atoms with E-state index in [0.29, 0.717) is 0 Å². The van der Waals surface area contributed by atoms with E-state index in [9.17, 15) is 0 Å². The van der Waals surface area contributed by atoms with E-state index in [1.807, 2.05) is 0 Å². The fraction of sp³-hybridized carbons (Fsp3) is 0. The molecule has 0 aliphatic heterocycles. The van der Waals surface area contributed by atoms with Crippen molar-refractivity contribution in [1.29, 1.82) is 0 Å². The zero-order chi connectivity index (χ0) is 0. The fourth-order valence-corrected chi connectivity index (χ4v) is 0. The van der Waals surface area contributed by atoms with Crippen LogP contribution < -0.4 is 0 Å². The van der Waals surface area contributed by atoms with E-state index < -0.39 is 0 Å². The first-order valence-corrected chi connectivity index (χ1v) is 0. The van der Waals surface area contributed by atoms with Gasteiger partial charge in [0, 0.05) is 88.4 Å². The van der Waals surface area contributed by atoms with Crippen LogP contribution in [0.5, 0.6) is 0 Å². The molecule has 4 heteroatoms. The molecule has 0 spiro atoms. The Bertz CT molecular complexity index is 3.25. The molecule has 18 valence electrons. The van der Waals surface area contributed by atoms with Gasteiger partial charge in [-0.1, -0.05) is 0 Å². The molecule has 0 heterocycles. The molecule has 0 rings (SSSR count). The molecule has 0 unspecified atom stereocenters. The maximum atomic E-state index is 0.